The smallest absolute Gasteiger partial charge is 0.322 e. The number of nitrogens with one attached hydrogen (secondary N) is 1. The molecule has 0 aliphatic rings. The second-order valence-electron chi connectivity index (χ2n) is 5.05. The maximum absolute atomic E-state index is 11.9. The van der Waals surface area contributed by atoms with Crippen LogP contribution in [0.2, 0.25) is 5.02 Å². The molecule has 0 spiro atoms. The third-order valence-corrected chi connectivity index (χ3v) is 3.54. The van der Waals surface area contributed by atoms with Crippen LogP contribution in [0.4, 0.5) is 6.01 Å². The number of carbonyl (C=O) groups excluding carboxylic acids is 1. The Hall–Kier alpha value is -2.93. The molecule has 1 N–H and O–H groups in total. The normalized spacial score (nSPS) is 11.1. The average Bonchev–Trinajstić information content (AvgIpc) is 3.12. The zero-order valence-electron chi connectivity index (χ0n) is 13.0. The zero-order valence-corrected chi connectivity index (χ0v) is 13.8. The highest BCUT2D eigenvalue weighted by Crippen LogP contribution is 2.20. The van der Waals surface area contributed by atoms with Crippen LogP contribution in [-0.4, -0.2) is 25.9 Å². The summed E-state index contributed by atoms with van der Waals surface area (Å²) in [6.07, 6.45) is 2.96. The molecular weight excluding hydrogens is 330 g/mol. The molecule has 7 nitrogen and oxygen atoms in total. The van der Waals surface area contributed by atoms with Crippen molar-refractivity contribution in [2.24, 2.45) is 7.05 Å². The van der Waals surface area contributed by atoms with Gasteiger partial charge in [-0.05, 0) is 30.7 Å². The minimum absolute atomic E-state index is 0.0117. The molecule has 1 amide bonds. The average molecular weight is 344 g/mol. The SMILES string of the molecule is Cc1cc(-c2nnc(NC(=O)/C=C/c3ccccc3Cl)o2)n(C)n1. The number of carbonyl (C=O) groups is 1. The molecule has 0 aliphatic carbocycles. The van der Waals surface area contributed by atoms with Crippen LogP contribution in [0.3, 0.4) is 0 Å². The molecule has 2 heterocycles. The Balaban J connectivity index is 1.70. The molecule has 0 aliphatic heterocycles. The third kappa shape index (κ3) is 3.52. The largest absolute Gasteiger partial charge is 0.401 e. The van der Waals surface area contributed by atoms with Crippen LogP contribution < -0.4 is 5.32 Å². The molecule has 2 aromatic heterocycles. The number of amides is 1. The fourth-order valence-electron chi connectivity index (χ4n) is 2.11. The molecule has 0 saturated heterocycles. The fraction of sp³-hybridized carbons (Fsp3) is 0.125. The maximum Gasteiger partial charge on any atom is 0.322 e. The number of benzene rings is 1. The van der Waals surface area contributed by atoms with Crippen LogP contribution in [0, 0.1) is 6.92 Å². The van der Waals surface area contributed by atoms with Crippen molar-refractivity contribution in [3.8, 4) is 11.6 Å². The Morgan fingerprint density at radius 3 is 2.83 bits per heavy atom. The molecule has 0 unspecified atom stereocenters. The number of halogens is 1. The van der Waals surface area contributed by atoms with Gasteiger partial charge in [0.2, 0.25) is 0 Å². The number of aromatic nitrogens is 4. The van der Waals surface area contributed by atoms with Gasteiger partial charge in [0.1, 0.15) is 5.69 Å². The maximum atomic E-state index is 11.9. The van der Waals surface area contributed by atoms with E-state index in [-0.39, 0.29) is 11.9 Å². The monoisotopic (exact) mass is 343 g/mol. The molecule has 0 saturated carbocycles. The highest BCUT2D eigenvalue weighted by molar-refractivity contribution is 6.32. The summed E-state index contributed by atoms with van der Waals surface area (Å²) in [6, 6.07) is 9.04. The van der Waals surface area contributed by atoms with Crippen molar-refractivity contribution >= 4 is 29.6 Å². The van der Waals surface area contributed by atoms with Crippen molar-refractivity contribution in [1.82, 2.24) is 20.0 Å². The second kappa shape index (κ2) is 6.67. The van der Waals surface area contributed by atoms with Gasteiger partial charge in [-0.25, -0.2) is 0 Å². The lowest BCUT2D eigenvalue weighted by Crippen LogP contribution is -2.07. The molecule has 1 aromatic carbocycles. The zero-order chi connectivity index (χ0) is 17.1. The molecule has 8 heteroatoms. The van der Waals surface area contributed by atoms with E-state index in [1.165, 1.54) is 6.08 Å². The van der Waals surface area contributed by atoms with E-state index >= 15 is 0 Å². The van der Waals surface area contributed by atoms with E-state index in [0.717, 1.165) is 11.3 Å². The highest BCUT2D eigenvalue weighted by Gasteiger charge is 2.14. The van der Waals surface area contributed by atoms with Crippen molar-refractivity contribution < 1.29 is 9.21 Å². The van der Waals surface area contributed by atoms with Crippen LogP contribution >= 0.6 is 11.6 Å². The second-order valence-corrected chi connectivity index (χ2v) is 5.46. The summed E-state index contributed by atoms with van der Waals surface area (Å²) in [7, 11) is 1.77. The van der Waals surface area contributed by atoms with Crippen molar-refractivity contribution in [3.05, 3.63) is 52.7 Å². The summed E-state index contributed by atoms with van der Waals surface area (Å²) < 4.78 is 7.07. The van der Waals surface area contributed by atoms with Gasteiger partial charge in [-0.3, -0.25) is 14.8 Å². The molecule has 24 heavy (non-hydrogen) atoms. The lowest BCUT2D eigenvalue weighted by Gasteiger charge is -1.97. The van der Waals surface area contributed by atoms with Gasteiger partial charge in [0.05, 0.1) is 5.69 Å². The predicted molar refractivity (Wildman–Crippen MR) is 90.4 cm³/mol. The Morgan fingerprint density at radius 1 is 1.33 bits per heavy atom. The van der Waals surface area contributed by atoms with Gasteiger partial charge in [0, 0.05) is 18.1 Å². The van der Waals surface area contributed by atoms with Crippen LogP contribution in [0.1, 0.15) is 11.3 Å². The molecule has 3 aromatic rings. The molecule has 0 fully saturated rings. The number of hydrogen-bond acceptors (Lipinski definition) is 5. The summed E-state index contributed by atoms with van der Waals surface area (Å²) in [4.78, 5) is 11.9. The Labute approximate surface area is 143 Å². The Kier molecular flexibility index (Phi) is 4.43. The molecule has 0 bridgehead atoms. The van der Waals surface area contributed by atoms with Gasteiger partial charge < -0.3 is 4.42 Å². The van der Waals surface area contributed by atoms with Gasteiger partial charge in [-0.2, -0.15) is 5.10 Å². The number of nitrogens with zero attached hydrogens (tertiary/aromatic N) is 4. The van der Waals surface area contributed by atoms with Crippen molar-refractivity contribution in [1.29, 1.82) is 0 Å². The summed E-state index contributed by atoms with van der Waals surface area (Å²) >= 11 is 6.02. The first-order valence-corrected chi connectivity index (χ1v) is 7.49. The standard InChI is InChI=1S/C16H14ClN5O2/c1-10-9-13(22(2)21-10)15-19-20-16(24-15)18-14(23)8-7-11-5-3-4-6-12(11)17/h3-9H,1-2H3,(H,18,20,23)/b8-7+. The predicted octanol–water partition coefficient (Wildman–Crippen LogP) is 3.08. The van der Waals surface area contributed by atoms with E-state index in [2.05, 4.69) is 20.6 Å². The van der Waals surface area contributed by atoms with Crippen molar-refractivity contribution in [2.45, 2.75) is 6.92 Å². The Bertz CT molecular complexity index is 913. The van der Waals surface area contributed by atoms with Crippen molar-refractivity contribution in [2.75, 3.05) is 5.32 Å². The topological polar surface area (TPSA) is 85.8 Å². The summed E-state index contributed by atoms with van der Waals surface area (Å²) in [5, 5.41) is 15.0. The number of hydrogen-bond donors (Lipinski definition) is 1. The summed E-state index contributed by atoms with van der Waals surface area (Å²) in [6.45, 7) is 1.86. The molecular formula is C16H14ClN5O2. The minimum atomic E-state index is -0.397. The van der Waals surface area contributed by atoms with E-state index in [0.29, 0.717) is 10.7 Å². The lowest BCUT2D eigenvalue weighted by atomic mass is 10.2. The number of anilines is 1. The molecule has 3 rings (SSSR count). The van der Waals surface area contributed by atoms with Gasteiger partial charge in [0.15, 0.2) is 0 Å². The lowest BCUT2D eigenvalue weighted by molar-refractivity contribution is -0.112. The summed E-state index contributed by atoms with van der Waals surface area (Å²) in [5.41, 5.74) is 2.25. The number of rotatable bonds is 4. The first kappa shape index (κ1) is 15.9. The molecule has 122 valence electrons. The Morgan fingerprint density at radius 2 is 2.12 bits per heavy atom. The number of aryl methyl sites for hydroxylation is 2. The van der Waals surface area contributed by atoms with Crippen molar-refractivity contribution in [3.63, 3.8) is 0 Å². The van der Waals surface area contributed by atoms with E-state index in [9.17, 15) is 4.79 Å². The quantitative estimate of drug-likeness (QED) is 0.736. The van der Waals surface area contributed by atoms with Crippen LogP contribution in [0.25, 0.3) is 17.7 Å². The molecule has 0 radical (unpaired) electrons. The van der Waals surface area contributed by atoms with Crippen LogP contribution in [0.5, 0.6) is 0 Å². The first-order valence-electron chi connectivity index (χ1n) is 7.11. The molecule has 0 atom stereocenters. The first-order chi connectivity index (χ1) is 11.5. The van der Waals surface area contributed by atoms with E-state index in [4.69, 9.17) is 16.0 Å². The fourth-order valence-corrected chi connectivity index (χ4v) is 2.31. The van der Waals surface area contributed by atoms with Gasteiger partial charge in [-0.1, -0.05) is 34.9 Å². The van der Waals surface area contributed by atoms with Gasteiger partial charge in [-0.15, -0.1) is 5.10 Å². The van der Waals surface area contributed by atoms with Gasteiger partial charge in [0.25, 0.3) is 11.8 Å². The van der Waals surface area contributed by atoms with E-state index in [1.807, 2.05) is 31.2 Å². The van der Waals surface area contributed by atoms with Gasteiger partial charge >= 0.3 is 6.01 Å². The van der Waals surface area contributed by atoms with Crippen LogP contribution in [-0.2, 0) is 11.8 Å². The van der Waals surface area contributed by atoms with Crippen LogP contribution in [0.15, 0.2) is 40.8 Å². The van der Waals surface area contributed by atoms with E-state index < -0.39 is 5.91 Å². The summed E-state index contributed by atoms with van der Waals surface area (Å²) in [5.74, 6) is -0.116. The minimum Gasteiger partial charge on any atom is -0.401 e. The highest BCUT2D eigenvalue weighted by atomic mass is 35.5. The third-order valence-electron chi connectivity index (χ3n) is 3.20. The van der Waals surface area contributed by atoms with E-state index in [1.54, 1.807) is 23.9 Å².